The largest absolute Gasteiger partial charge is 0.323 e. The average molecular weight is 330 g/mol. The van der Waals surface area contributed by atoms with Crippen LogP contribution in [-0.4, -0.2) is 23.6 Å². The first-order chi connectivity index (χ1) is 11.0. The number of thioether (sulfide) groups is 1. The lowest BCUT2D eigenvalue weighted by Gasteiger charge is -2.30. The molecule has 6 heteroatoms. The van der Waals surface area contributed by atoms with Crippen molar-refractivity contribution < 1.29 is 14.0 Å². The number of rotatable bonds is 3. The van der Waals surface area contributed by atoms with E-state index in [1.54, 1.807) is 25.1 Å². The minimum atomic E-state index is -0.389. The molecule has 0 fully saturated rings. The maximum absolute atomic E-state index is 13.0. The van der Waals surface area contributed by atoms with E-state index in [2.05, 4.69) is 5.32 Å². The lowest BCUT2D eigenvalue weighted by molar-refractivity contribution is -0.121. The van der Waals surface area contributed by atoms with Gasteiger partial charge in [-0.15, -0.1) is 11.8 Å². The lowest BCUT2D eigenvalue weighted by atomic mass is 10.2. The maximum atomic E-state index is 13.0. The van der Waals surface area contributed by atoms with Crippen LogP contribution in [0.5, 0.6) is 0 Å². The molecule has 118 valence electrons. The van der Waals surface area contributed by atoms with Crippen molar-refractivity contribution in [1.82, 2.24) is 0 Å². The molecular formula is C17H15FN2O2S. The van der Waals surface area contributed by atoms with Gasteiger partial charge < -0.3 is 5.32 Å². The van der Waals surface area contributed by atoms with Crippen molar-refractivity contribution in [1.29, 1.82) is 0 Å². The molecule has 3 rings (SSSR count). The normalized spacial score (nSPS) is 14.9. The van der Waals surface area contributed by atoms with Crippen LogP contribution in [0.25, 0.3) is 0 Å². The SMILES string of the molecule is C[C@H](Sc1ccc(F)cc1)C(=O)N1CC(=O)Nc2ccccc21. The van der Waals surface area contributed by atoms with Crippen molar-refractivity contribution >= 4 is 35.0 Å². The van der Waals surface area contributed by atoms with Gasteiger partial charge >= 0.3 is 0 Å². The number of para-hydroxylation sites is 2. The quantitative estimate of drug-likeness (QED) is 0.879. The van der Waals surface area contributed by atoms with Crippen LogP contribution in [0, 0.1) is 5.82 Å². The van der Waals surface area contributed by atoms with E-state index in [-0.39, 0.29) is 29.4 Å². The summed E-state index contributed by atoms with van der Waals surface area (Å²) in [4.78, 5) is 26.8. The van der Waals surface area contributed by atoms with E-state index >= 15 is 0 Å². The monoisotopic (exact) mass is 330 g/mol. The van der Waals surface area contributed by atoms with E-state index in [1.165, 1.54) is 28.8 Å². The molecule has 0 aromatic heterocycles. The van der Waals surface area contributed by atoms with Gasteiger partial charge in [-0.25, -0.2) is 4.39 Å². The predicted molar refractivity (Wildman–Crippen MR) is 89.1 cm³/mol. The van der Waals surface area contributed by atoms with Crippen molar-refractivity contribution in [2.24, 2.45) is 0 Å². The predicted octanol–water partition coefficient (Wildman–Crippen LogP) is 3.29. The smallest absolute Gasteiger partial charge is 0.244 e. The number of nitrogens with one attached hydrogen (secondary N) is 1. The van der Waals surface area contributed by atoms with Gasteiger partial charge in [0.25, 0.3) is 0 Å². The molecule has 0 saturated heterocycles. The van der Waals surface area contributed by atoms with Crippen LogP contribution in [0.2, 0.25) is 0 Å². The van der Waals surface area contributed by atoms with Crippen LogP contribution in [-0.2, 0) is 9.59 Å². The second-order valence-corrected chi connectivity index (χ2v) is 6.62. The molecule has 23 heavy (non-hydrogen) atoms. The molecule has 0 unspecified atom stereocenters. The first-order valence-electron chi connectivity index (χ1n) is 7.17. The van der Waals surface area contributed by atoms with Gasteiger partial charge in [0.1, 0.15) is 12.4 Å². The number of amides is 2. The van der Waals surface area contributed by atoms with E-state index in [9.17, 15) is 14.0 Å². The highest BCUT2D eigenvalue weighted by Gasteiger charge is 2.29. The van der Waals surface area contributed by atoms with Gasteiger partial charge in [-0.2, -0.15) is 0 Å². The second kappa shape index (κ2) is 6.42. The zero-order chi connectivity index (χ0) is 16.4. The van der Waals surface area contributed by atoms with E-state index in [4.69, 9.17) is 0 Å². The molecule has 1 atom stereocenters. The highest BCUT2D eigenvalue weighted by atomic mass is 32.2. The zero-order valence-electron chi connectivity index (χ0n) is 12.5. The van der Waals surface area contributed by atoms with Crippen LogP contribution in [0.3, 0.4) is 0 Å². The number of halogens is 1. The first kappa shape index (κ1) is 15.6. The minimum absolute atomic E-state index is 0.00413. The Morgan fingerprint density at radius 1 is 1.22 bits per heavy atom. The molecule has 0 saturated carbocycles. The Labute approximate surface area is 137 Å². The van der Waals surface area contributed by atoms with Crippen LogP contribution in [0.15, 0.2) is 53.4 Å². The second-order valence-electron chi connectivity index (χ2n) is 5.20. The number of hydrogen-bond acceptors (Lipinski definition) is 3. The summed E-state index contributed by atoms with van der Waals surface area (Å²) in [5, 5.41) is 2.37. The number of hydrogen-bond donors (Lipinski definition) is 1. The number of carbonyl (C=O) groups is 2. The molecule has 1 aliphatic heterocycles. The summed E-state index contributed by atoms with van der Waals surface area (Å²) in [6, 6.07) is 13.2. The van der Waals surface area contributed by atoms with E-state index in [0.29, 0.717) is 11.4 Å². The molecule has 0 radical (unpaired) electrons. The number of nitrogens with zero attached hydrogens (tertiary/aromatic N) is 1. The van der Waals surface area contributed by atoms with Crippen molar-refractivity contribution in [2.75, 3.05) is 16.8 Å². The highest BCUT2D eigenvalue weighted by Crippen LogP contribution is 2.32. The number of anilines is 2. The zero-order valence-corrected chi connectivity index (χ0v) is 13.3. The molecule has 0 spiro atoms. The topological polar surface area (TPSA) is 49.4 Å². The number of fused-ring (bicyclic) bond motifs is 1. The standard InChI is InChI=1S/C17H15FN2O2S/c1-11(23-13-8-6-12(18)7-9-13)17(22)20-10-16(21)19-14-4-2-3-5-15(14)20/h2-9,11H,10H2,1H3,(H,19,21)/t11-/m0/s1. The van der Waals surface area contributed by atoms with Gasteiger partial charge in [-0.05, 0) is 43.3 Å². The molecule has 1 heterocycles. The molecule has 1 N–H and O–H groups in total. The minimum Gasteiger partial charge on any atom is -0.323 e. The average Bonchev–Trinajstić information content (AvgIpc) is 2.55. The third-order valence-electron chi connectivity index (χ3n) is 3.51. The van der Waals surface area contributed by atoms with E-state index in [1.807, 2.05) is 18.2 Å². The number of carbonyl (C=O) groups excluding carboxylic acids is 2. The van der Waals surface area contributed by atoms with Gasteiger partial charge in [0.05, 0.1) is 16.6 Å². The van der Waals surface area contributed by atoms with Gasteiger partial charge in [0.15, 0.2) is 0 Å². The summed E-state index contributed by atoms with van der Waals surface area (Å²) in [6.45, 7) is 1.79. The van der Waals surface area contributed by atoms with Crippen molar-refractivity contribution in [2.45, 2.75) is 17.1 Å². The Hall–Kier alpha value is -2.34. The lowest BCUT2D eigenvalue weighted by Crippen LogP contribution is -2.45. The van der Waals surface area contributed by atoms with Crippen LogP contribution in [0.1, 0.15) is 6.92 Å². The Balaban J connectivity index is 1.79. The molecular weight excluding hydrogens is 315 g/mol. The fraction of sp³-hybridized carbons (Fsp3) is 0.176. The summed E-state index contributed by atoms with van der Waals surface area (Å²) < 4.78 is 13.0. The highest BCUT2D eigenvalue weighted by molar-refractivity contribution is 8.00. The van der Waals surface area contributed by atoms with Gasteiger partial charge in [-0.1, -0.05) is 12.1 Å². The van der Waals surface area contributed by atoms with Crippen LogP contribution >= 0.6 is 11.8 Å². The van der Waals surface area contributed by atoms with E-state index < -0.39 is 0 Å². The maximum Gasteiger partial charge on any atom is 0.244 e. The molecule has 2 amide bonds. The fourth-order valence-corrected chi connectivity index (χ4v) is 3.35. The molecule has 0 aliphatic carbocycles. The third kappa shape index (κ3) is 3.37. The Morgan fingerprint density at radius 3 is 2.65 bits per heavy atom. The summed E-state index contributed by atoms with van der Waals surface area (Å²) in [6.07, 6.45) is 0. The van der Waals surface area contributed by atoms with E-state index in [0.717, 1.165) is 4.90 Å². The molecule has 1 aliphatic rings. The van der Waals surface area contributed by atoms with Crippen molar-refractivity contribution in [3.63, 3.8) is 0 Å². The number of benzene rings is 2. The van der Waals surface area contributed by atoms with Gasteiger partial charge in [-0.3, -0.25) is 14.5 Å². The Bertz CT molecular complexity index is 749. The summed E-state index contributed by atoms with van der Waals surface area (Å²) in [7, 11) is 0. The summed E-state index contributed by atoms with van der Waals surface area (Å²) in [5.74, 6) is -0.674. The van der Waals surface area contributed by atoms with Gasteiger partial charge in [0.2, 0.25) is 11.8 Å². The van der Waals surface area contributed by atoms with Crippen molar-refractivity contribution in [3.05, 3.63) is 54.3 Å². The molecule has 4 nitrogen and oxygen atoms in total. The molecule has 2 aromatic rings. The van der Waals surface area contributed by atoms with Crippen molar-refractivity contribution in [3.8, 4) is 0 Å². The van der Waals surface area contributed by atoms with Crippen LogP contribution in [0.4, 0.5) is 15.8 Å². The Morgan fingerprint density at radius 2 is 1.91 bits per heavy atom. The van der Waals surface area contributed by atoms with Crippen LogP contribution < -0.4 is 10.2 Å². The summed E-state index contributed by atoms with van der Waals surface area (Å²) >= 11 is 1.34. The Kier molecular flexibility index (Phi) is 4.34. The van der Waals surface area contributed by atoms with Gasteiger partial charge in [0, 0.05) is 4.90 Å². The first-order valence-corrected chi connectivity index (χ1v) is 8.05. The molecule has 0 bridgehead atoms. The third-order valence-corrected chi connectivity index (χ3v) is 4.61. The summed E-state index contributed by atoms with van der Waals surface area (Å²) in [5.41, 5.74) is 1.33. The molecule has 2 aromatic carbocycles. The fourth-order valence-electron chi connectivity index (χ4n) is 2.42.